The minimum Gasteiger partial charge on any atom is -0.291 e. The average molecular weight is 533 g/mol. The number of aromatic amines is 3. The van der Waals surface area contributed by atoms with Crippen LogP contribution in [0.2, 0.25) is 0 Å². The Morgan fingerprint density at radius 3 is 0.842 bits per heavy atom. The van der Waals surface area contributed by atoms with Gasteiger partial charge in [-0.05, 0) is 18.2 Å². The summed E-state index contributed by atoms with van der Waals surface area (Å²) in [5.74, 6) is 0. The maximum atomic E-state index is 3.97. The SMILES string of the molecule is [CH2-]c1ccccc1.[CH2-]c1ccccc1.[CH2-]c1ccccc1.[Ti+3].c1cc(B(c2ccn[nH]2)c2ccn[nH]2)[nH]n1. The van der Waals surface area contributed by atoms with Crippen LogP contribution in [-0.4, -0.2) is 37.3 Å². The first-order valence-electron chi connectivity index (χ1n) is 11.7. The Morgan fingerprint density at radius 2 is 0.684 bits per heavy atom. The van der Waals surface area contributed by atoms with Gasteiger partial charge in [0.2, 0.25) is 0 Å². The van der Waals surface area contributed by atoms with Crippen LogP contribution in [0.4, 0.5) is 0 Å². The zero-order valence-corrected chi connectivity index (χ0v) is 22.7. The number of H-pyrrole nitrogens is 3. The van der Waals surface area contributed by atoms with E-state index in [4.69, 9.17) is 0 Å². The number of nitrogens with one attached hydrogen (secondary N) is 3. The summed E-state index contributed by atoms with van der Waals surface area (Å²) in [7, 11) is 0. The fourth-order valence-electron chi connectivity index (χ4n) is 3.22. The van der Waals surface area contributed by atoms with E-state index in [0.717, 1.165) is 33.5 Å². The summed E-state index contributed by atoms with van der Waals surface area (Å²) < 4.78 is 0. The Labute approximate surface area is 240 Å². The second-order valence-electron chi connectivity index (χ2n) is 7.93. The Balaban J connectivity index is 0.000000194. The summed E-state index contributed by atoms with van der Waals surface area (Å²) in [6.45, 7) is 11.2. The van der Waals surface area contributed by atoms with Gasteiger partial charge in [0.1, 0.15) is 0 Å². The van der Waals surface area contributed by atoms with E-state index < -0.39 is 0 Å². The standard InChI is InChI=1S/C9H9BN6.3C7H7.Ti/c1-4-11-14-7(1)10(8-2-5-12-15-8)9-3-6-13-16-9;3*1-7-5-3-2-4-6-7;/h1-6H,(H,11,14)(H,12,15)(H,13,16);3*2-6H,1H2;/q;3*-1;+3. The van der Waals surface area contributed by atoms with E-state index in [-0.39, 0.29) is 28.4 Å². The number of benzene rings is 3. The van der Waals surface area contributed by atoms with Gasteiger partial charge >= 0.3 is 28.4 Å². The van der Waals surface area contributed by atoms with Gasteiger partial charge in [0.05, 0.1) is 0 Å². The van der Waals surface area contributed by atoms with Gasteiger partial charge in [-0.1, -0.05) is 18.2 Å². The van der Waals surface area contributed by atoms with Crippen molar-refractivity contribution in [2.24, 2.45) is 0 Å². The average Bonchev–Trinajstić information content (AvgIpc) is 3.73. The molecule has 0 aliphatic rings. The van der Waals surface area contributed by atoms with E-state index in [1.54, 1.807) is 18.6 Å². The minimum atomic E-state index is 0. The zero-order valence-electron chi connectivity index (χ0n) is 21.2. The van der Waals surface area contributed by atoms with E-state index >= 15 is 0 Å². The van der Waals surface area contributed by atoms with Crippen molar-refractivity contribution in [1.82, 2.24) is 30.6 Å². The van der Waals surface area contributed by atoms with E-state index in [2.05, 4.69) is 51.4 Å². The quantitative estimate of drug-likeness (QED) is 0.238. The molecule has 3 aromatic heterocycles. The number of rotatable bonds is 3. The first-order valence-corrected chi connectivity index (χ1v) is 11.7. The Morgan fingerprint density at radius 1 is 0.421 bits per heavy atom. The molecule has 38 heavy (non-hydrogen) atoms. The minimum absolute atomic E-state index is 0. The molecule has 0 aliphatic carbocycles. The second-order valence-corrected chi connectivity index (χ2v) is 7.93. The molecule has 0 fully saturated rings. The number of hydrogen-bond acceptors (Lipinski definition) is 3. The second kappa shape index (κ2) is 17.2. The van der Waals surface area contributed by atoms with Gasteiger partial charge in [-0.3, -0.25) is 15.3 Å². The zero-order chi connectivity index (χ0) is 26.1. The van der Waals surface area contributed by atoms with Crippen LogP contribution in [0.3, 0.4) is 0 Å². The van der Waals surface area contributed by atoms with Crippen molar-refractivity contribution in [3.8, 4) is 0 Å². The molecule has 6 nitrogen and oxygen atoms in total. The molecule has 6 aromatic rings. The molecule has 3 aromatic carbocycles. The Hall–Kier alpha value is -4.32. The van der Waals surface area contributed by atoms with E-state index in [1.165, 1.54) is 0 Å². The first-order chi connectivity index (χ1) is 18.1. The molecule has 1 radical (unpaired) electrons. The molecule has 0 saturated heterocycles. The molecule has 0 saturated carbocycles. The predicted molar refractivity (Wildman–Crippen MR) is 153 cm³/mol. The third-order valence-corrected chi connectivity index (χ3v) is 5.03. The third kappa shape index (κ3) is 10.7. The third-order valence-electron chi connectivity index (χ3n) is 5.03. The molecule has 0 spiro atoms. The van der Waals surface area contributed by atoms with Gasteiger partial charge in [0.15, 0.2) is 0 Å². The Kier molecular flexibility index (Phi) is 13.5. The fourth-order valence-corrected chi connectivity index (χ4v) is 3.22. The van der Waals surface area contributed by atoms with E-state index in [1.807, 2.05) is 109 Å². The smallest absolute Gasteiger partial charge is 0.291 e. The van der Waals surface area contributed by atoms with Gasteiger partial charge in [-0.25, -0.2) is 0 Å². The molecule has 0 unspecified atom stereocenters. The number of hydrogen-bond donors (Lipinski definition) is 3. The molecule has 0 atom stereocenters. The first kappa shape index (κ1) is 29.9. The van der Waals surface area contributed by atoms with Gasteiger partial charge in [-0.2, -0.15) is 89.2 Å². The van der Waals surface area contributed by atoms with Crippen molar-refractivity contribution < 1.29 is 21.7 Å². The molecule has 0 bridgehead atoms. The van der Waals surface area contributed by atoms with Crippen LogP contribution in [-0.2, 0) is 21.7 Å². The van der Waals surface area contributed by atoms with Gasteiger partial charge < -0.3 is 0 Å². The molecule has 0 aliphatic heterocycles. The largest absolute Gasteiger partial charge is 3.00 e. The topological polar surface area (TPSA) is 86.0 Å². The van der Waals surface area contributed by atoms with Gasteiger partial charge in [0.25, 0.3) is 0 Å². The number of nitrogens with zero attached hydrogens (tertiary/aromatic N) is 3. The monoisotopic (exact) mass is 533 g/mol. The summed E-state index contributed by atoms with van der Waals surface area (Å²) in [6.07, 6.45) is 5.19. The van der Waals surface area contributed by atoms with Crippen molar-refractivity contribution >= 4 is 23.5 Å². The van der Waals surface area contributed by atoms with Crippen LogP contribution < -0.4 is 16.8 Å². The molecular formula is C30H30BN6Ti. The summed E-state index contributed by atoms with van der Waals surface area (Å²) in [6, 6.07) is 35.4. The van der Waals surface area contributed by atoms with Crippen molar-refractivity contribution in [2.45, 2.75) is 0 Å². The van der Waals surface area contributed by atoms with Crippen molar-refractivity contribution in [3.63, 3.8) is 0 Å². The number of aromatic nitrogens is 6. The van der Waals surface area contributed by atoms with Crippen LogP contribution in [0.15, 0.2) is 128 Å². The summed E-state index contributed by atoms with van der Waals surface area (Å²) in [4.78, 5) is 0. The summed E-state index contributed by atoms with van der Waals surface area (Å²) in [5.41, 5.74) is 6.20. The maximum Gasteiger partial charge on any atom is 3.00 e. The normalized spacial score (nSPS) is 9.16. The summed E-state index contributed by atoms with van der Waals surface area (Å²) >= 11 is 0. The van der Waals surface area contributed by atoms with Crippen molar-refractivity contribution in [1.29, 1.82) is 0 Å². The van der Waals surface area contributed by atoms with Crippen LogP contribution in [0.1, 0.15) is 16.7 Å². The van der Waals surface area contributed by atoms with Gasteiger partial charge in [0, 0.05) is 35.4 Å². The van der Waals surface area contributed by atoms with Crippen LogP contribution in [0.5, 0.6) is 0 Å². The molecule has 6 rings (SSSR count). The molecule has 187 valence electrons. The maximum absolute atomic E-state index is 3.97. The Bertz CT molecular complexity index is 1160. The molecule has 8 heteroatoms. The molecule has 3 N–H and O–H groups in total. The van der Waals surface area contributed by atoms with Crippen molar-refractivity contribution in [3.05, 3.63) is 165 Å². The fraction of sp³-hybridized carbons (Fsp3) is 0. The van der Waals surface area contributed by atoms with Crippen LogP contribution >= 0.6 is 0 Å². The van der Waals surface area contributed by atoms with Crippen molar-refractivity contribution in [2.75, 3.05) is 0 Å². The van der Waals surface area contributed by atoms with E-state index in [0.29, 0.717) is 0 Å². The molecule has 0 amide bonds. The van der Waals surface area contributed by atoms with E-state index in [9.17, 15) is 0 Å². The van der Waals surface area contributed by atoms with Crippen LogP contribution in [0.25, 0.3) is 0 Å². The van der Waals surface area contributed by atoms with Gasteiger partial charge in [-0.15, -0.1) is 36.4 Å². The predicted octanol–water partition coefficient (Wildman–Crippen LogP) is 3.98. The summed E-state index contributed by atoms with van der Waals surface area (Å²) in [5, 5.41) is 20.8. The van der Waals surface area contributed by atoms with Crippen LogP contribution in [0, 0.1) is 20.8 Å². The molecule has 3 heterocycles. The molecular weight excluding hydrogens is 503 g/mol.